The van der Waals surface area contributed by atoms with Crippen molar-refractivity contribution in [1.29, 1.82) is 0 Å². The van der Waals surface area contributed by atoms with Gasteiger partial charge in [0.15, 0.2) is 0 Å². The van der Waals surface area contributed by atoms with E-state index in [1.807, 2.05) is 25.3 Å². The fourth-order valence-electron chi connectivity index (χ4n) is 3.18. The smallest absolute Gasteiger partial charge is 0.335 e. The number of esters is 1. The number of carbonyl (C=O) groups is 2. The molecule has 1 unspecified atom stereocenters. The standard InChI is InChI=1S/C19H23N3O4/c1-19(2,3)26-18(25)13-8-5-9-22-15(20)14(21-16(13)22)11-6-4-7-12(10-11)17(23)24/h4,6-7,10,13H,5,8-9,20H2,1-3H3,(H,23,24). The fourth-order valence-corrected chi connectivity index (χ4v) is 3.18. The largest absolute Gasteiger partial charge is 0.478 e. The Morgan fingerprint density at radius 1 is 1.35 bits per heavy atom. The number of benzene rings is 1. The number of carbonyl (C=O) groups excluding carboxylic acids is 1. The molecule has 26 heavy (non-hydrogen) atoms. The van der Waals surface area contributed by atoms with Crippen LogP contribution in [-0.4, -0.2) is 32.2 Å². The molecular weight excluding hydrogens is 334 g/mol. The minimum Gasteiger partial charge on any atom is -0.478 e. The van der Waals surface area contributed by atoms with Gasteiger partial charge in [-0.1, -0.05) is 12.1 Å². The summed E-state index contributed by atoms with van der Waals surface area (Å²) in [6.45, 7) is 6.16. The van der Waals surface area contributed by atoms with Gasteiger partial charge in [0.05, 0.1) is 5.56 Å². The molecule has 0 bridgehead atoms. The highest BCUT2D eigenvalue weighted by atomic mass is 16.6. The van der Waals surface area contributed by atoms with Gasteiger partial charge in [-0.25, -0.2) is 9.78 Å². The Morgan fingerprint density at radius 3 is 2.73 bits per heavy atom. The fraction of sp³-hybridized carbons (Fsp3) is 0.421. The van der Waals surface area contributed by atoms with E-state index < -0.39 is 17.5 Å². The second-order valence-corrected chi connectivity index (χ2v) is 7.47. The zero-order chi connectivity index (χ0) is 19.1. The van der Waals surface area contributed by atoms with Gasteiger partial charge in [-0.05, 0) is 45.7 Å². The number of nitrogen functional groups attached to an aromatic ring is 1. The van der Waals surface area contributed by atoms with Crippen LogP contribution in [0.4, 0.5) is 5.82 Å². The van der Waals surface area contributed by atoms with Gasteiger partial charge in [0.2, 0.25) is 0 Å². The lowest BCUT2D eigenvalue weighted by atomic mass is 9.98. The molecule has 2 aromatic rings. The molecule has 138 valence electrons. The van der Waals surface area contributed by atoms with Gasteiger partial charge in [0.25, 0.3) is 0 Å². The topological polar surface area (TPSA) is 107 Å². The number of carboxylic acid groups (broad SMARTS) is 1. The number of nitrogens with two attached hydrogens (primary N) is 1. The van der Waals surface area contributed by atoms with Crippen LogP contribution in [0.15, 0.2) is 24.3 Å². The number of hydrogen-bond acceptors (Lipinski definition) is 5. The molecule has 1 atom stereocenters. The molecule has 0 amide bonds. The van der Waals surface area contributed by atoms with Crippen molar-refractivity contribution in [1.82, 2.24) is 9.55 Å². The minimum atomic E-state index is -1.01. The first-order valence-corrected chi connectivity index (χ1v) is 8.60. The van der Waals surface area contributed by atoms with Gasteiger partial charge < -0.3 is 20.1 Å². The number of ether oxygens (including phenoxy) is 1. The highest BCUT2D eigenvalue weighted by Gasteiger charge is 2.34. The number of rotatable bonds is 3. The molecule has 2 heterocycles. The number of aromatic carboxylic acids is 1. The van der Waals surface area contributed by atoms with Crippen molar-refractivity contribution in [2.45, 2.75) is 51.7 Å². The van der Waals surface area contributed by atoms with Crippen molar-refractivity contribution < 1.29 is 19.4 Å². The molecule has 0 spiro atoms. The Kier molecular flexibility index (Phi) is 4.48. The van der Waals surface area contributed by atoms with Crippen molar-refractivity contribution in [3.05, 3.63) is 35.7 Å². The van der Waals surface area contributed by atoms with E-state index in [0.29, 0.717) is 35.9 Å². The monoisotopic (exact) mass is 357 g/mol. The van der Waals surface area contributed by atoms with E-state index in [-0.39, 0.29) is 11.5 Å². The molecule has 1 aromatic carbocycles. The number of aromatic nitrogens is 2. The number of fused-ring (bicyclic) bond motifs is 1. The third-order valence-electron chi connectivity index (χ3n) is 4.30. The Labute approximate surface area is 151 Å². The normalized spacial score (nSPS) is 16.8. The van der Waals surface area contributed by atoms with Gasteiger partial charge in [-0.15, -0.1) is 0 Å². The molecule has 7 nitrogen and oxygen atoms in total. The molecule has 7 heteroatoms. The first kappa shape index (κ1) is 18.0. The summed E-state index contributed by atoms with van der Waals surface area (Å²) in [5, 5.41) is 9.19. The van der Waals surface area contributed by atoms with Crippen LogP contribution in [0.3, 0.4) is 0 Å². The number of imidazole rings is 1. The molecular formula is C19H23N3O4. The maximum absolute atomic E-state index is 12.6. The van der Waals surface area contributed by atoms with Crippen LogP contribution < -0.4 is 5.73 Å². The molecule has 3 rings (SSSR count). The summed E-state index contributed by atoms with van der Waals surface area (Å²) in [5.74, 6) is -0.772. The third-order valence-corrected chi connectivity index (χ3v) is 4.30. The average molecular weight is 357 g/mol. The molecule has 0 radical (unpaired) electrons. The van der Waals surface area contributed by atoms with Crippen LogP contribution in [0, 0.1) is 0 Å². The average Bonchev–Trinajstić information content (AvgIpc) is 2.90. The summed E-state index contributed by atoms with van der Waals surface area (Å²) < 4.78 is 7.36. The Bertz CT molecular complexity index is 864. The van der Waals surface area contributed by atoms with Gasteiger partial charge >= 0.3 is 11.9 Å². The molecule has 0 saturated heterocycles. The number of nitrogens with zero attached hydrogens (tertiary/aromatic N) is 2. The minimum absolute atomic E-state index is 0.163. The molecule has 3 N–H and O–H groups in total. The SMILES string of the molecule is CC(C)(C)OC(=O)C1CCCn2c1nc(-c1cccc(C(=O)O)c1)c2N. The summed E-state index contributed by atoms with van der Waals surface area (Å²) in [4.78, 5) is 28.4. The summed E-state index contributed by atoms with van der Waals surface area (Å²) in [6.07, 6.45) is 1.45. The highest BCUT2D eigenvalue weighted by molar-refractivity contribution is 5.90. The van der Waals surface area contributed by atoms with Crippen LogP contribution in [-0.2, 0) is 16.1 Å². The van der Waals surface area contributed by atoms with Crippen molar-refractivity contribution >= 4 is 17.8 Å². The zero-order valence-electron chi connectivity index (χ0n) is 15.2. The van der Waals surface area contributed by atoms with Crippen LogP contribution in [0.5, 0.6) is 0 Å². The summed E-state index contributed by atoms with van der Waals surface area (Å²) >= 11 is 0. The molecule has 0 fully saturated rings. The van der Waals surface area contributed by atoms with Gasteiger partial charge in [0.1, 0.15) is 28.9 Å². The first-order valence-electron chi connectivity index (χ1n) is 8.60. The number of hydrogen-bond donors (Lipinski definition) is 2. The van der Waals surface area contributed by atoms with E-state index in [0.717, 1.165) is 6.42 Å². The lowest BCUT2D eigenvalue weighted by Crippen LogP contribution is -2.31. The third kappa shape index (κ3) is 3.42. The van der Waals surface area contributed by atoms with E-state index >= 15 is 0 Å². The van der Waals surface area contributed by atoms with Gasteiger partial charge in [-0.2, -0.15) is 0 Å². The lowest BCUT2D eigenvalue weighted by Gasteiger charge is -2.26. The van der Waals surface area contributed by atoms with Crippen LogP contribution in [0.2, 0.25) is 0 Å². The Balaban J connectivity index is 2.01. The van der Waals surface area contributed by atoms with E-state index in [9.17, 15) is 14.7 Å². The quantitative estimate of drug-likeness (QED) is 0.818. The molecule has 0 saturated carbocycles. The van der Waals surface area contributed by atoms with E-state index in [2.05, 4.69) is 4.98 Å². The summed E-state index contributed by atoms with van der Waals surface area (Å²) in [5.41, 5.74) is 6.98. The van der Waals surface area contributed by atoms with Crippen molar-refractivity contribution in [2.24, 2.45) is 0 Å². The maximum Gasteiger partial charge on any atom is 0.335 e. The van der Waals surface area contributed by atoms with Gasteiger partial charge in [0, 0.05) is 12.1 Å². The van der Waals surface area contributed by atoms with Crippen molar-refractivity contribution in [2.75, 3.05) is 5.73 Å². The second kappa shape index (κ2) is 6.48. The van der Waals surface area contributed by atoms with Crippen molar-refractivity contribution in [3.63, 3.8) is 0 Å². The predicted octanol–water partition coefficient (Wildman–Crippen LogP) is 3.05. The highest BCUT2D eigenvalue weighted by Crippen LogP contribution is 2.36. The van der Waals surface area contributed by atoms with E-state index in [4.69, 9.17) is 10.5 Å². The molecule has 1 aromatic heterocycles. The molecule has 0 aliphatic carbocycles. The summed E-state index contributed by atoms with van der Waals surface area (Å²) in [6, 6.07) is 6.47. The Hall–Kier alpha value is -2.83. The summed E-state index contributed by atoms with van der Waals surface area (Å²) in [7, 11) is 0. The lowest BCUT2D eigenvalue weighted by molar-refractivity contribution is -0.157. The predicted molar refractivity (Wildman–Crippen MR) is 96.9 cm³/mol. The van der Waals surface area contributed by atoms with Crippen molar-refractivity contribution in [3.8, 4) is 11.3 Å². The molecule has 1 aliphatic rings. The Morgan fingerprint density at radius 2 is 2.08 bits per heavy atom. The van der Waals surface area contributed by atoms with Crippen LogP contribution in [0.25, 0.3) is 11.3 Å². The first-order chi connectivity index (χ1) is 12.2. The number of anilines is 1. The second-order valence-electron chi connectivity index (χ2n) is 7.47. The van der Waals surface area contributed by atoms with Crippen LogP contribution >= 0.6 is 0 Å². The van der Waals surface area contributed by atoms with Gasteiger partial charge in [-0.3, -0.25) is 4.79 Å². The number of carboxylic acids is 1. The molecule has 1 aliphatic heterocycles. The zero-order valence-corrected chi connectivity index (χ0v) is 15.2. The van der Waals surface area contributed by atoms with Crippen LogP contribution in [0.1, 0.15) is 55.7 Å². The van der Waals surface area contributed by atoms with E-state index in [1.165, 1.54) is 12.1 Å². The van der Waals surface area contributed by atoms with E-state index in [1.54, 1.807) is 12.1 Å². The maximum atomic E-state index is 12.6.